The van der Waals surface area contributed by atoms with E-state index in [1.165, 1.54) is 17.8 Å². The summed E-state index contributed by atoms with van der Waals surface area (Å²) in [4.78, 5) is 14.0. The van der Waals surface area contributed by atoms with Gasteiger partial charge in [0.1, 0.15) is 0 Å². The Morgan fingerprint density at radius 1 is 1.77 bits per heavy atom. The van der Waals surface area contributed by atoms with Crippen LogP contribution in [0, 0.1) is 10.1 Å². The number of pyridine rings is 1. The Hall–Kier alpha value is -1.36. The first-order valence-electron chi connectivity index (χ1n) is 3.59. The predicted molar refractivity (Wildman–Crippen MR) is 51.8 cm³/mol. The lowest BCUT2D eigenvalue weighted by molar-refractivity contribution is -0.388. The molecule has 1 heterocycles. The molecule has 68 valence electrons. The summed E-state index contributed by atoms with van der Waals surface area (Å²) in [5.41, 5.74) is 0.0503. The molecule has 0 aliphatic heterocycles. The smallest absolute Gasteiger partial charge is 0.258 e. The zero-order valence-corrected chi connectivity index (χ0v) is 7.66. The minimum absolute atomic E-state index is 0.0503. The average Bonchev–Trinajstić information content (AvgIpc) is 2.15. The Kier molecular flexibility index (Phi) is 3.45. The summed E-state index contributed by atoms with van der Waals surface area (Å²) in [6.45, 7) is 3.53. The van der Waals surface area contributed by atoms with Crippen molar-refractivity contribution in [2.45, 2.75) is 5.03 Å². The second-order valence-corrected chi connectivity index (χ2v) is 3.19. The van der Waals surface area contributed by atoms with E-state index in [0.717, 1.165) is 0 Å². The Balaban J connectivity index is 2.90. The van der Waals surface area contributed by atoms with Crippen molar-refractivity contribution in [1.29, 1.82) is 0 Å². The Morgan fingerprint density at radius 2 is 2.54 bits per heavy atom. The molecule has 0 aromatic carbocycles. The number of thioether (sulfide) groups is 1. The molecule has 0 saturated heterocycles. The molecule has 0 fully saturated rings. The quantitative estimate of drug-likeness (QED) is 0.321. The minimum Gasteiger partial charge on any atom is -0.258 e. The topological polar surface area (TPSA) is 56.0 Å². The monoisotopic (exact) mass is 196 g/mol. The van der Waals surface area contributed by atoms with Gasteiger partial charge < -0.3 is 0 Å². The maximum absolute atomic E-state index is 10.5. The first-order chi connectivity index (χ1) is 6.25. The zero-order chi connectivity index (χ0) is 9.68. The molecule has 1 aromatic rings. The maximum atomic E-state index is 10.5. The summed E-state index contributed by atoms with van der Waals surface area (Å²) in [6.07, 6.45) is 3.22. The zero-order valence-electron chi connectivity index (χ0n) is 6.84. The van der Waals surface area contributed by atoms with Crippen LogP contribution in [-0.4, -0.2) is 15.7 Å². The van der Waals surface area contributed by atoms with Crippen LogP contribution < -0.4 is 0 Å². The third kappa shape index (κ3) is 2.55. The Labute approximate surface area is 79.8 Å². The molecule has 0 amide bonds. The number of nitro groups is 1. The van der Waals surface area contributed by atoms with Crippen LogP contribution >= 0.6 is 11.8 Å². The van der Waals surface area contributed by atoms with Crippen LogP contribution in [0.15, 0.2) is 36.0 Å². The van der Waals surface area contributed by atoms with E-state index in [1.807, 2.05) is 0 Å². The van der Waals surface area contributed by atoms with Gasteiger partial charge in [0.05, 0.1) is 4.92 Å². The van der Waals surface area contributed by atoms with E-state index >= 15 is 0 Å². The van der Waals surface area contributed by atoms with E-state index in [-0.39, 0.29) is 5.69 Å². The first-order valence-corrected chi connectivity index (χ1v) is 4.57. The molecule has 0 unspecified atom stereocenters. The van der Waals surface area contributed by atoms with Gasteiger partial charge in [0, 0.05) is 18.0 Å². The maximum Gasteiger partial charge on any atom is 0.301 e. The molecule has 0 radical (unpaired) electrons. The highest BCUT2D eigenvalue weighted by Crippen LogP contribution is 2.25. The standard InChI is InChI=1S/C8H8N2O2S/c1-2-6-13-8-7(10(11)12)4-3-5-9-8/h2-5H,1,6H2. The van der Waals surface area contributed by atoms with E-state index in [9.17, 15) is 10.1 Å². The second kappa shape index (κ2) is 4.61. The summed E-state index contributed by atoms with van der Waals surface area (Å²) >= 11 is 1.30. The van der Waals surface area contributed by atoms with Crippen LogP contribution in [-0.2, 0) is 0 Å². The van der Waals surface area contributed by atoms with Crippen LogP contribution in [0.5, 0.6) is 0 Å². The first kappa shape index (κ1) is 9.73. The van der Waals surface area contributed by atoms with Gasteiger partial charge in [0.25, 0.3) is 0 Å². The fraction of sp³-hybridized carbons (Fsp3) is 0.125. The summed E-state index contributed by atoms with van der Waals surface area (Å²) < 4.78 is 0. The average molecular weight is 196 g/mol. The van der Waals surface area contributed by atoms with E-state index < -0.39 is 4.92 Å². The molecule has 0 bridgehead atoms. The molecule has 0 N–H and O–H groups in total. The van der Waals surface area contributed by atoms with E-state index in [2.05, 4.69) is 11.6 Å². The fourth-order valence-corrected chi connectivity index (χ4v) is 1.47. The van der Waals surface area contributed by atoms with Crippen molar-refractivity contribution in [1.82, 2.24) is 4.98 Å². The SMILES string of the molecule is C=CCSc1ncccc1[N+](=O)[O-]. The Bertz CT molecular complexity index is 328. The predicted octanol–water partition coefficient (Wildman–Crippen LogP) is 2.27. The molecule has 4 nitrogen and oxygen atoms in total. The van der Waals surface area contributed by atoms with E-state index in [1.54, 1.807) is 18.3 Å². The van der Waals surface area contributed by atoms with Gasteiger partial charge in [-0.1, -0.05) is 17.8 Å². The lowest BCUT2D eigenvalue weighted by Crippen LogP contribution is -1.92. The lowest BCUT2D eigenvalue weighted by Gasteiger charge is -1.97. The number of hydrogen-bond acceptors (Lipinski definition) is 4. The van der Waals surface area contributed by atoms with Gasteiger partial charge in [0.15, 0.2) is 5.03 Å². The molecule has 1 rings (SSSR count). The molecule has 1 aromatic heterocycles. The third-order valence-electron chi connectivity index (χ3n) is 1.29. The van der Waals surface area contributed by atoms with Crippen LogP contribution in [0.25, 0.3) is 0 Å². The van der Waals surface area contributed by atoms with Crippen LogP contribution in [0.3, 0.4) is 0 Å². The largest absolute Gasteiger partial charge is 0.301 e. The molecule has 0 spiro atoms. The highest BCUT2D eigenvalue weighted by Gasteiger charge is 2.13. The highest BCUT2D eigenvalue weighted by atomic mass is 32.2. The van der Waals surface area contributed by atoms with Crippen molar-refractivity contribution in [2.24, 2.45) is 0 Å². The summed E-state index contributed by atoms with van der Waals surface area (Å²) in [7, 11) is 0. The summed E-state index contributed by atoms with van der Waals surface area (Å²) in [5.74, 6) is 0.623. The van der Waals surface area contributed by atoms with Crippen LogP contribution in [0.4, 0.5) is 5.69 Å². The molecule has 0 aliphatic carbocycles. The van der Waals surface area contributed by atoms with E-state index in [0.29, 0.717) is 10.8 Å². The highest BCUT2D eigenvalue weighted by molar-refractivity contribution is 7.99. The molecule has 0 saturated carbocycles. The van der Waals surface area contributed by atoms with Crippen molar-refractivity contribution in [2.75, 3.05) is 5.75 Å². The van der Waals surface area contributed by atoms with Crippen LogP contribution in [0.2, 0.25) is 0 Å². The lowest BCUT2D eigenvalue weighted by atomic mass is 10.4. The fourth-order valence-electron chi connectivity index (χ4n) is 0.770. The molecule has 5 heteroatoms. The number of rotatable bonds is 4. The van der Waals surface area contributed by atoms with Crippen molar-refractivity contribution in [3.05, 3.63) is 41.1 Å². The second-order valence-electron chi connectivity index (χ2n) is 2.18. The van der Waals surface area contributed by atoms with Gasteiger partial charge in [-0.15, -0.1) is 6.58 Å². The number of aromatic nitrogens is 1. The summed E-state index contributed by atoms with van der Waals surface area (Å²) in [6, 6.07) is 2.99. The Morgan fingerprint density at radius 3 is 3.15 bits per heavy atom. The van der Waals surface area contributed by atoms with Gasteiger partial charge in [0.2, 0.25) is 0 Å². The van der Waals surface area contributed by atoms with E-state index in [4.69, 9.17) is 0 Å². The van der Waals surface area contributed by atoms with Crippen LogP contribution in [0.1, 0.15) is 0 Å². The molecule has 0 atom stereocenters. The number of nitrogens with zero attached hydrogens (tertiary/aromatic N) is 2. The van der Waals surface area contributed by atoms with Crippen molar-refractivity contribution in [3.63, 3.8) is 0 Å². The molecular weight excluding hydrogens is 188 g/mol. The van der Waals surface area contributed by atoms with Gasteiger partial charge in [-0.2, -0.15) is 0 Å². The van der Waals surface area contributed by atoms with Gasteiger partial charge in [-0.25, -0.2) is 4.98 Å². The van der Waals surface area contributed by atoms with Gasteiger partial charge in [-0.3, -0.25) is 10.1 Å². The third-order valence-corrected chi connectivity index (χ3v) is 2.28. The van der Waals surface area contributed by atoms with Crippen molar-refractivity contribution < 1.29 is 4.92 Å². The minimum atomic E-state index is -0.432. The normalized spacial score (nSPS) is 9.54. The molecule has 0 aliphatic rings. The molecular formula is C8H8N2O2S. The molecule has 13 heavy (non-hydrogen) atoms. The summed E-state index contributed by atoms with van der Waals surface area (Å²) in [5, 5.41) is 10.9. The number of hydrogen-bond donors (Lipinski definition) is 0. The van der Waals surface area contributed by atoms with Gasteiger partial charge in [-0.05, 0) is 6.07 Å². The van der Waals surface area contributed by atoms with Crippen molar-refractivity contribution >= 4 is 17.4 Å². The van der Waals surface area contributed by atoms with Crippen molar-refractivity contribution in [3.8, 4) is 0 Å². The van der Waals surface area contributed by atoms with Gasteiger partial charge >= 0.3 is 5.69 Å².